The third-order valence-electron chi connectivity index (χ3n) is 4.02. The lowest BCUT2D eigenvalue weighted by Gasteiger charge is -2.15. The molecule has 3 N–H and O–H groups in total. The molecule has 9 heteroatoms. The molecule has 0 amide bonds. The van der Waals surface area contributed by atoms with E-state index in [9.17, 15) is 8.42 Å². The van der Waals surface area contributed by atoms with Crippen LogP contribution < -0.4 is 14.2 Å². The van der Waals surface area contributed by atoms with Gasteiger partial charge in [0, 0.05) is 6.54 Å². The minimum Gasteiger partial charge on any atom is -0.475 e. The first-order chi connectivity index (χ1) is 14.0. The van der Waals surface area contributed by atoms with Crippen LogP contribution >= 0.6 is 0 Å². The van der Waals surface area contributed by atoms with Crippen molar-refractivity contribution in [1.82, 2.24) is 14.7 Å². The van der Waals surface area contributed by atoms with Gasteiger partial charge < -0.3 is 9.84 Å². The number of aliphatic hydroxyl groups excluding tert-OH is 1. The molecule has 0 bridgehead atoms. The Morgan fingerprint density at radius 1 is 1.03 bits per heavy atom. The molecule has 2 aromatic carbocycles. The quantitative estimate of drug-likeness (QED) is 0.495. The molecule has 152 valence electrons. The summed E-state index contributed by atoms with van der Waals surface area (Å²) in [5, 5.41) is 9.07. The largest absolute Gasteiger partial charge is 0.475 e. The zero-order valence-corrected chi connectivity index (χ0v) is 16.7. The number of aromatic nitrogens is 2. The van der Waals surface area contributed by atoms with Crippen molar-refractivity contribution >= 4 is 16.0 Å². The fourth-order valence-electron chi connectivity index (χ4n) is 2.62. The summed E-state index contributed by atoms with van der Waals surface area (Å²) in [5.74, 6) is 0.260. The summed E-state index contributed by atoms with van der Waals surface area (Å²) in [7, 11) is -3.90. The Hall–Kier alpha value is -3.01. The third-order valence-corrected chi connectivity index (χ3v) is 5.01. The molecule has 3 rings (SSSR count). The fourth-order valence-corrected chi connectivity index (χ4v) is 3.45. The third kappa shape index (κ3) is 5.74. The number of aliphatic hydroxyl groups is 1. The number of anilines is 1. The number of nitrogens with one attached hydrogen (secondary N) is 2. The Kier molecular flexibility index (Phi) is 6.76. The molecule has 0 atom stereocenters. The van der Waals surface area contributed by atoms with Gasteiger partial charge in [0.1, 0.15) is 12.9 Å². The van der Waals surface area contributed by atoms with Crippen LogP contribution in [-0.4, -0.2) is 36.7 Å². The maximum atomic E-state index is 12.6. The maximum absolute atomic E-state index is 12.6. The Morgan fingerprint density at radius 2 is 1.76 bits per heavy atom. The summed E-state index contributed by atoms with van der Waals surface area (Å²) >= 11 is 0. The number of nitrogens with zero attached hydrogens (tertiary/aromatic N) is 2. The van der Waals surface area contributed by atoms with Crippen LogP contribution in [-0.2, 0) is 16.8 Å². The molecule has 0 unspecified atom stereocenters. The Labute approximate surface area is 169 Å². The molecule has 0 saturated heterocycles. The minimum atomic E-state index is -3.90. The van der Waals surface area contributed by atoms with E-state index in [0.717, 1.165) is 11.1 Å². The predicted octanol–water partition coefficient (Wildman–Crippen LogP) is 2.27. The standard InChI is InChI=1S/C20H22N4O4S/c1-15-7-9-17(10-8-15)18-19(21-14-22-20(18)28-12-11-25)24-29(26,27)23-13-16-5-3-2-4-6-16/h2-10,14,23,25H,11-13H2,1H3,(H,21,22,24). The topological polar surface area (TPSA) is 113 Å². The van der Waals surface area contributed by atoms with Crippen molar-refractivity contribution in [2.24, 2.45) is 0 Å². The van der Waals surface area contributed by atoms with E-state index in [1.54, 1.807) is 0 Å². The first kappa shape index (κ1) is 20.7. The number of benzene rings is 2. The van der Waals surface area contributed by atoms with E-state index in [4.69, 9.17) is 9.84 Å². The molecule has 3 aromatic rings. The van der Waals surface area contributed by atoms with Crippen molar-refractivity contribution in [3.63, 3.8) is 0 Å². The van der Waals surface area contributed by atoms with Gasteiger partial charge in [-0.1, -0.05) is 60.2 Å². The first-order valence-electron chi connectivity index (χ1n) is 8.95. The van der Waals surface area contributed by atoms with Crippen LogP contribution in [0.5, 0.6) is 5.88 Å². The lowest BCUT2D eigenvalue weighted by Crippen LogP contribution is -2.30. The summed E-state index contributed by atoms with van der Waals surface area (Å²) in [6.07, 6.45) is 1.21. The number of hydrogen-bond donors (Lipinski definition) is 3. The first-order valence-corrected chi connectivity index (χ1v) is 10.4. The normalized spacial score (nSPS) is 11.2. The van der Waals surface area contributed by atoms with Crippen LogP contribution in [0.2, 0.25) is 0 Å². The molecule has 0 saturated carbocycles. The van der Waals surface area contributed by atoms with E-state index in [1.807, 2.05) is 61.5 Å². The van der Waals surface area contributed by atoms with Crippen LogP contribution in [0.15, 0.2) is 60.9 Å². The van der Waals surface area contributed by atoms with Crippen molar-refractivity contribution in [3.05, 3.63) is 72.1 Å². The van der Waals surface area contributed by atoms with Gasteiger partial charge in [-0.2, -0.15) is 13.1 Å². The fraction of sp³-hybridized carbons (Fsp3) is 0.200. The lowest BCUT2D eigenvalue weighted by atomic mass is 10.1. The molecule has 0 fully saturated rings. The molecule has 0 radical (unpaired) electrons. The molecule has 0 aliphatic carbocycles. The SMILES string of the molecule is Cc1ccc(-c2c(NS(=O)(=O)NCc3ccccc3)ncnc2OCCO)cc1. The lowest BCUT2D eigenvalue weighted by molar-refractivity contribution is 0.197. The zero-order valence-electron chi connectivity index (χ0n) is 15.9. The molecular formula is C20H22N4O4S. The highest BCUT2D eigenvalue weighted by Crippen LogP contribution is 2.34. The minimum absolute atomic E-state index is 0.0221. The second-order valence-corrected chi connectivity index (χ2v) is 7.75. The van der Waals surface area contributed by atoms with Crippen LogP contribution in [0.25, 0.3) is 11.1 Å². The maximum Gasteiger partial charge on any atom is 0.300 e. The van der Waals surface area contributed by atoms with Gasteiger partial charge in [-0.05, 0) is 18.1 Å². The van der Waals surface area contributed by atoms with Gasteiger partial charge in [0.2, 0.25) is 5.88 Å². The molecule has 0 aliphatic heterocycles. The number of ether oxygens (including phenoxy) is 1. The highest BCUT2D eigenvalue weighted by Gasteiger charge is 2.19. The van der Waals surface area contributed by atoms with E-state index in [0.29, 0.717) is 11.1 Å². The van der Waals surface area contributed by atoms with Gasteiger partial charge in [-0.25, -0.2) is 9.97 Å². The second-order valence-electron chi connectivity index (χ2n) is 6.25. The average molecular weight is 414 g/mol. The van der Waals surface area contributed by atoms with Crippen LogP contribution in [0, 0.1) is 6.92 Å². The summed E-state index contributed by atoms with van der Waals surface area (Å²) in [5.41, 5.74) is 2.96. The summed E-state index contributed by atoms with van der Waals surface area (Å²) in [6.45, 7) is 1.91. The van der Waals surface area contributed by atoms with Crippen LogP contribution in [0.1, 0.15) is 11.1 Å². The van der Waals surface area contributed by atoms with Crippen molar-refractivity contribution in [2.75, 3.05) is 17.9 Å². The van der Waals surface area contributed by atoms with Gasteiger partial charge in [-0.15, -0.1) is 0 Å². The van der Waals surface area contributed by atoms with Gasteiger partial charge in [-0.3, -0.25) is 4.72 Å². The zero-order chi connectivity index (χ0) is 20.7. The molecule has 1 heterocycles. The Balaban J connectivity index is 1.90. The highest BCUT2D eigenvalue weighted by molar-refractivity contribution is 7.90. The van der Waals surface area contributed by atoms with Crippen molar-refractivity contribution in [1.29, 1.82) is 0 Å². The van der Waals surface area contributed by atoms with Gasteiger partial charge in [0.25, 0.3) is 0 Å². The molecule has 29 heavy (non-hydrogen) atoms. The van der Waals surface area contributed by atoms with E-state index in [1.165, 1.54) is 6.33 Å². The monoisotopic (exact) mass is 414 g/mol. The van der Waals surface area contributed by atoms with Gasteiger partial charge >= 0.3 is 10.2 Å². The Morgan fingerprint density at radius 3 is 2.45 bits per heavy atom. The van der Waals surface area contributed by atoms with Crippen LogP contribution in [0.4, 0.5) is 5.82 Å². The number of aryl methyl sites for hydroxylation is 1. The second kappa shape index (κ2) is 9.46. The summed E-state index contributed by atoms with van der Waals surface area (Å²) in [4.78, 5) is 8.20. The number of rotatable bonds is 9. The molecule has 0 aliphatic rings. The van der Waals surface area contributed by atoms with E-state index >= 15 is 0 Å². The van der Waals surface area contributed by atoms with Crippen molar-refractivity contribution in [3.8, 4) is 17.0 Å². The average Bonchev–Trinajstić information content (AvgIpc) is 2.72. The summed E-state index contributed by atoms with van der Waals surface area (Å²) in [6, 6.07) is 16.6. The smallest absolute Gasteiger partial charge is 0.300 e. The van der Waals surface area contributed by atoms with Crippen molar-refractivity contribution in [2.45, 2.75) is 13.5 Å². The predicted molar refractivity (Wildman–Crippen MR) is 111 cm³/mol. The molecule has 8 nitrogen and oxygen atoms in total. The molecule has 1 aromatic heterocycles. The van der Waals surface area contributed by atoms with E-state index in [2.05, 4.69) is 19.4 Å². The molecular weight excluding hydrogens is 392 g/mol. The van der Waals surface area contributed by atoms with Crippen molar-refractivity contribution < 1.29 is 18.3 Å². The molecule has 0 spiro atoms. The van der Waals surface area contributed by atoms with E-state index in [-0.39, 0.29) is 31.5 Å². The summed E-state index contributed by atoms with van der Waals surface area (Å²) < 4.78 is 35.6. The van der Waals surface area contributed by atoms with E-state index < -0.39 is 10.2 Å². The Bertz CT molecular complexity index is 1040. The van der Waals surface area contributed by atoms with Crippen LogP contribution in [0.3, 0.4) is 0 Å². The van der Waals surface area contributed by atoms with Gasteiger partial charge in [0.05, 0.1) is 12.2 Å². The number of hydrogen-bond acceptors (Lipinski definition) is 6. The van der Waals surface area contributed by atoms with Gasteiger partial charge in [0.15, 0.2) is 5.82 Å². The highest BCUT2D eigenvalue weighted by atomic mass is 32.2.